The molecule has 1 aromatic carbocycles. The van der Waals surface area contributed by atoms with E-state index in [0.717, 1.165) is 15.5 Å². The predicted octanol–water partition coefficient (Wildman–Crippen LogP) is 3.91. The molecule has 3 heterocycles. The van der Waals surface area contributed by atoms with Crippen LogP contribution in [-0.2, 0) is 13.1 Å². The molecule has 0 spiro atoms. The molecule has 0 fully saturated rings. The molecule has 0 aliphatic carbocycles. The van der Waals surface area contributed by atoms with Crippen molar-refractivity contribution in [3.05, 3.63) is 64.8 Å². The minimum absolute atomic E-state index is 0.237. The average Bonchev–Trinajstić information content (AvgIpc) is 3.33. The topological polar surface area (TPSA) is 77.9 Å². The second-order valence-electron chi connectivity index (χ2n) is 5.74. The van der Waals surface area contributed by atoms with Gasteiger partial charge < -0.3 is 8.98 Å². The van der Waals surface area contributed by atoms with Crippen molar-refractivity contribution in [3.8, 4) is 0 Å². The highest BCUT2D eigenvalue weighted by molar-refractivity contribution is 9.10. The van der Waals surface area contributed by atoms with Crippen LogP contribution in [0.15, 0.2) is 57.7 Å². The van der Waals surface area contributed by atoms with Crippen LogP contribution in [0.25, 0.3) is 11.0 Å². The van der Waals surface area contributed by atoms with Crippen molar-refractivity contribution in [1.82, 2.24) is 19.3 Å². The molecule has 26 heavy (non-hydrogen) atoms. The molecule has 1 N–H and O–H groups in total. The second-order valence-corrected chi connectivity index (χ2v) is 6.66. The number of hydrogen-bond acceptors (Lipinski definition) is 4. The Kier molecular flexibility index (Phi) is 4.34. The number of nitrogens with one attached hydrogen (secondary N) is 1. The largest absolute Gasteiger partial charge is 0.454 e. The maximum Gasteiger partial charge on any atom is 0.293 e. The standard InChI is InChI=1S/C18H16BrN5O2/c1-2-24-15-6-4-3-5-14(15)21-18(24)22-17(25)16-8-7-13(26-16)11-23-10-12(19)9-20-23/h3-10H,2,11H2,1H3,(H,21,22,25). The molecule has 0 unspecified atom stereocenters. The van der Waals surface area contributed by atoms with Crippen molar-refractivity contribution in [2.75, 3.05) is 5.32 Å². The van der Waals surface area contributed by atoms with Crippen molar-refractivity contribution < 1.29 is 9.21 Å². The molecule has 3 aromatic heterocycles. The number of halogens is 1. The van der Waals surface area contributed by atoms with Crippen LogP contribution in [0.1, 0.15) is 23.2 Å². The maximum atomic E-state index is 12.5. The number of benzene rings is 1. The van der Waals surface area contributed by atoms with Gasteiger partial charge in [-0.15, -0.1) is 0 Å². The SMILES string of the molecule is CCn1c(NC(=O)c2ccc(Cn3cc(Br)cn3)o2)nc2ccccc21. The van der Waals surface area contributed by atoms with Gasteiger partial charge in [0.2, 0.25) is 5.95 Å². The third kappa shape index (κ3) is 3.15. The lowest BCUT2D eigenvalue weighted by Crippen LogP contribution is -2.15. The van der Waals surface area contributed by atoms with Gasteiger partial charge in [0.1, 0.15) is 5.76 Å². The van der Waals surface area contributed by atoms with Gasteiger partial charge in [-0.2, -0.15) is 5.10 Å². The normalized spacial score (nSPS) is 11.2. The van der Waals surface area contributed by atoms with Crippen LogP contribution in [0.4, 0.5) is 5.95 Å². The van der Waals surface area contributed by atoms with Gasteiger partial charge in [-0.25, -0.2) is 4.98 Å². The molecule has 4 aromatic rings. The van der Waals surface area contributed by atoms with E-state index in [2.05, 4.69) is 31.3 Å². The summed E-state index contributed by atoms with van der Waals surface area (Å²) in [6.07, 6.45) is 3.54. The van der Waals surface area contributed by atoms with Crippen molar-refractivity contribution in [2.45, 2.75) is 20.0 Å². The highest BCUT2D eigenvalue weighted by Crippen LogP contribution is 2.20. The fourth-order valence-corrected chi connectivity index (χ4v) is 3.15. The third-order valence-corrected chi connectivity index (χ3v) is 4.41. The minimum Gasteiger partial charge on any atom is -0.454 e. The number of nitrogens with zero attached hydrogens (tertiary/aromatic N) is 4. The Morgan fingerprint density at radius 3 is 2.88 bits per heavy atom. The predicted molar refractivity (Wildman–Crippen MR) is 101 cm³/mol. The second kappa shape index (κ2) is 6.80. The van der Waals surface area contributed by atoms with Crippen LogP contribution >= 0.6 is 15.9 Å². The number of para-hydroxylation sites is 2. The van der Waals surface area contributed by atoms with Gasteiger partial charge >= 0.3 is 0 Å². The molecular formula is C18H16BrN5O2. The maximum absolute atomic E-state index is 12.5. The van der Waals surface area contributed by atoms with Gasteiger partial charge in [0.15, 0.2) is 5.76 Å². The van der Waals surface area contributed by atoms with Crippen molar-refractivity contribution in [3.63, 3.8) is 0 Å². The number of aryl methyl sites for hydroxylation is 1. The Balaban J connectivity index is 1.54. The summed E-state index contributed by atoms with van der Waals surface area (Å²) in [7, 11) is 0. The number of hydrogen-bond donors (Lipinski definition) is 1. The fraction of sp³-hybridized carbons (Fsp3) is 0.167. The molecule has 0 aliphatic heterocycles. The van der Waals surface area contributed by atoms with E-state index in [-0.39, 0.29) is 11.7 Å². The molecule has 0 bridgehead atoms. The van der Waals surface area contributed by atoms with Crippen molar-refractivity contribution in [2.24, 2.45) is 0 Å². The lowest BCUT2D eigenvalue weighted by molar-refractivity contribution is 0.0993. The van der Waals surface area contributed by atoms with Gasteiger partial charge in [0.25, 0.3) is 5.91 Å². The third-order valence-electron chi connectivity index (χ3n) is 4.00. The molecule has 7 nitrogen and oxygen atoms in total. The lowest BCUT2D eigenvalue weighted by Gasteiger charge is -2.06. The van der Waals surface area contributed by atoms with Crippen LogP contribution in [-0.4, -0.2) is 25.2 Å². The van der Waals surface area contributed by atoms with E-state index in [1.54, 1.807) is 23.0 Å². The Labute approximate surface area is 157 Å². The monoisotopic (exact) mass is 413 g/mol. The molecule has 1 amide bonds. The number of carbonyl (C=O) groups excluding carboxylic acids is 1. The summed E-state index contributed by atoms with van der Waals surface area (Å²) < 4.78 is 10.2. The first kappa shape index (κ1) is 16.6. The smallest absolute Gasteiger partial charge is 0.293 e. The van der Waals surface area contributed by atoms with Crippen molar-refractivity contribution in [1.29, 1.82) is 0 Å². The van der Waals surface area contributed by atoms with Crippen LogP contribution < -0.4 is 5.32 Å². The summed E-state index contributed by atoms with van der Waals surface area (Å²) in [4.78, 5) is 17.0. The number of carbonyl (C=O) groups is 1. The molecule has 0 saturated carbocycles. The summed E-state index contributed by atoms with van der Waals surface area (Å²) in [5.74, 6) is 1.06. The first-order valence-electron chi connectivity index (χ1n) is 8.17. The molecular weight excluding hydrogens is 398 g/mol. The summed E-state index contributed by atoms with van der Waals surface area (Å²) >= 11 is 3.35. The van der Waals surface area contributed by atoms with E-state index < -0.39 is 0 Å². The van der Waals surface area contributed by atoms with E-state index >= 15 is 0 Å². The highest BCUT2D eigenvalue weighted by Gasteiger charge is 2.16. The molecule has 0 radical (unpaired) electrons. The highest BCUT2D eigenvalue weighted by atomic mass is 79.9. The average molecular weight is 414 g/mol. The molecule has 132 valence electrons. The Morgan fingerprint density at radius 2 is 2.12 bits per heavy atom. The molecule has 4 rings (SSSR count). The summed E-state index contributed by atoms with van der Waals surface area (Å²) in [6, 6.07) is 11.2. The van der Waals surface area contributed by atoms with Crippen LogP contribution in [0.2, 0.25) is 0 Å². The summed E-state index contributed by atoms with van der Waals surface area (Å²) in [5.41, 5.74) is 1.82. The zero-order valence-corrected chi connectivity index (χ0v) is 15.6. The zero-order chi connectivity index (χ0) is 18.1. The number of imidazole rings is 1. The van der Waals surface area contributed by atoms with E-state index in [9.17, 15) is 4.79 Å². The van der Waals surface area contributed by atoms with Gasteiger partial charge in [0, 0.05) is 12.7 Å². The Bertz CT molecular complexity index is 1080. The number of anilines is 1. The van der Waals surface area contributed by atoms with Gasteiger partial charge in [-0.05, 0) is 47.1 Å². The lowest BCUT2D eigenvalue weighted by atomic mass is 10.3. The number of furan rings is 1. The molecule has 0 saturated heterocycles. The molecule has 0 atom stereocenters. The van der Waals surface area contributed by atoms with E-state index in [0.29, 0.717) is 24.8 Å². The number of amides is 1. The minimum atomic E-state index is -0.331. The Hall–Kier alpha value is -2.87. The number of aromatic nitrogens is 4. The molecule has 0 aliphatic rings. The summed E-state index contributed by atoms with van der Waals surface area (Å²) in [5, 5.41) is 7.01. The van der Waals surface area contributed by atoms with Crippen LogP contribution in [0.5, 0.6) is 0 Å². The van der Waals surface area contributed by atoms with Crippen molar-refractivity contribution >= 4 is 38.8 Å². The number of rotatable bonds is 5. The first-order valence-corrected chi connectivity index (χ1v) is 8.96. The van der Waals surface area contributed by atoms with E-state index in [1.807, 2.05) is 42.0 Å². The van der Waals surface area contributed by atoms with Gasteiger partial charge in [-0.3, -0.25) is 14.8 Å². The van der Waals surface area contributed by atoms with E-state index in [1.165, 1.54) is 0 Å². The molecule has 8 heteroatoms. The first-order chi connectivity index (χ1) is 12.6. The number of fused-ring (bicyclic) bond motifs is 1. The van der Waals surface area contributed by atoms with E-state index in [4.69, 9.17) is 4.42 Å². The van der Waals surface area contributed by atoms with Crippen LogP contribution in [0, 0.1) is 0 Å². The van der Waals surface area contributed by atoms with Crippen LogP contribution in [0.3, 0.4) is 0 Å². The van der Waals surface area contributed by atoms with Gasteiger partial charge in [0.05, 0.1) is 28.2 Å². The fourth-order valence-electron chi connectivity index (χ4n) is 2.82. The van der Waals surface area contributed by atoms with Gasteiger partial charge in [-0.1, -0.05) is 12.1 Å². The summed E-state index contributed by atoms with van der Waals surface area (Å²) in [6.45, 7) is 3.16. The Morgan fingerprint density at radius 1 is 1.27 bits per heavy atom. The zero-order valence-electron chi connectivity index (χ0n) is 14.0. The quantitative estimate of drug-likeness (QED) is 0.537.